The molecule has 0 radical (unpaired) electrons. The smallest absolute Gasteiger partial charge is 0.274 e. The summed E-state index contributed by atoms with van der Waals surface area (Å²) in [6, 6.07) is 0. The maximum absolute atomic E-state index is 13.1. The molecule has 2 aromatic heterocycles. The van der Waals surface area contributed by atoms with Gasteiger partial charge in [0.05, 0.1) is 17.9 Å². The summed E-state index contributed by atoms with van der Waals surface area (Å²) >= 11 is 1.55. The molecule has 0 aliphatic carbocycles. The number of carbonyl (C=O) groups excluding carboxylic acids is 1. The maximum Gasteiger partial charge on any atom is 0.274 e. The first kappa shape index (κ1) is 18.1. The van der Waals surface area contributed by atoms with Gasteiger partial charge in [0, 0.05) is 37.8 Å². The third-order valence-electron chi connectivity index (χ3n) is 4.23. The Morgan fingerprint density at radius 2 is 2.12 bits per heavy atom. The van der Waals surface area contributed by atoms with Gasteiger partial charge in [0.2, 0.25) is 0 Å². The monoisotopic (exact) mass is 362 g/mol. The Morgan fingerprint density at radius 1 is 1.44 bits per heavy atom. The van der Waals surface area contributed by atoms with Crippen LogP contribution in [-0.2, 0) is 11.3 Å². The molecule has 0 N–H and O–H groups in total. The van der Waals surface area contributed by atoms with Crippen LogP contribution in [0.25, 0.3) is 4.96 Å². The molecule has 136 valence electrons. The number of likely N-dealkylation sites (N-methyl/N-ethyl adjacent to an activating group) is 1. The topological polar surface area (TPSA) is 50.1 Å². The zero-order valence-corrected chi connectivity index (χ0v) is 16.2. The number of carbonyl (C=O) groups is 1. The summed E-state index contributed by atoms with van der Waals surface area (Å²) in [5, 5.41) is 2.00. The summed E-state index contributed by atoms with van der Waals surface area (Å²) in [4.78, 5) is 22.7. The third kappa shape index (κ3) is 3.94. The highest BCUT2D eigenvalue weighted by molar-refractivity contribution is 7.15. The first-order valence-electron chi connectivity index (χ1n) is 8.57. The number of thiazole rings is 1. The molecule has 0 spiro atoms. The fourth-order valence-corrected chi connectivity index (χ4v) is 4.15. The summed E-state index contributed by atoms with van der Waals surface area (Å²) in [5.41, 5.74) is 2.59. The van der Waals surface area contributed by atoms with Crippen LogP contribution in [0.15, 0.2) is 23.7 Å². The second-order valence-electron chi connectivity index (χ2n) is 7.06. The lowest BCUT2D eigenvalue weighted by atomic mass is 10.2. The Kier molecular flexibility index (Phi) is 5.27. The first-order chi connectivity index (χ1) is 11.8. The van der Waals surface area contributed by atoms with E-state index in [1.807, 2.05) is 48.7 Å². The fourth-order valence-electron chi connectivity index (χ4n) is 3.42. The van der Waals surface area contributed by atoms with Gasteiger partial charge in [0.1, 0.15) is 0 Å². The van der Waals surface area contributed by atoms with Crippen LogP contribution >= 0.6 is 11.3 Å². The lowest BCUT2D eigenvalue weighted by Gasteiger charge is -2.35. The van der Waals surface area contributed by atoms with Crippen LogP contribution in [0.5, 0.6) is 0 Å². The number of ether oxygens (including phenoxy) is 1. The van der Waals surface area contributed by atoms with Crippen LogP contribution in [0.3, 0.4) is 0 Å². The van der Waals surface area contributed by atoms with Crippen molar-refractivity contribution in [1.29, 1.82) is 0 Å². The predicted molar refractivity (Wildman–Crippen MR) is 100 cm³/mol. The number of hydrogen-bond acceptors (Lipinski definition) is 5. The minimum Gasteiger partial charge on any atom is -0.372 e. The van der Waals surface area contributed by atoms with E-state index in [0.29, 0.717) is 25.3 Å². The Labute approximate surface area is 152 Å². The molecule has 1 aliphatic heterocycles. The van der Waals surface area contributed by atoms with E-state index in [2.05, 4.69) is 16.5 Å². The zero-order valence-electron chi connectivity index (χ0n) is 15.4. The molecular formula is C18H26N4O2S. The van der Waals surface area contributed by atoms with E-state index in [-0.39, 0.29) is 18.1 Å². The van der Waals surface area contributed by atoms with Gasteiger partial charge in [-0.15, -0.1) is 11.3 Å². The Bertz CT molecular complexity index is 771. The van der Waals surface area contributed by atoms with Crippen LogP contribution in [0.2, 0.25) is 0 Å². The van der Waals surface area contributed by atoms with E-state index < -0.39 is 0 Å². The van der Waals surface area contributed by atoms with Gasteiger partial charge in [-0.05, 0) is 27.8 Å². The number of hydrogen-bond donors (Lipinski definition) is 0. The Morgan fingerprint density at radius 3 is 2.76 bits per heavy atom. The average molecular weight is 362 g/mol. The largest absolute Gasteiger partial charge is 0.372 e. The summed E-state index contributed by atoms with van der Waals surface area (Å²) in [6.07, 6.45) is 2.08. The number of nitrogens with zero attached hydrogens (tertiary/aromatic N) is 4. The van der Waals surface area contributed by atoms with E-state index in [1.165, 1.54) is 0 Å². The predicted octanol–water partition coefficient (Wildman–Crippen LogP) is 2.65. The van der Waals surface area contributed by atoms with Gasteiger partial charge >= 0.3 is 0 Å². The van der Waals surface area contributed by atoms with E-state index in [9.17, 15) is 4.79 Å². The van der Waals surface area contributed by atoms with E-state index in [0.717, 1.165) is 22.8 Å². The maximum atomic E-state index is 13.1. The van der Waals surface area contributed by atoms with Crippen molar-refractivity contribution in [3.63, 3.8) is 0 Å². The van der Waals surface area contributed by atoms with Crippen molar-refractivity contribution >= 4 is 22.2 Å². The van der Waals surface area contributed by atoms with Gasteiger partial charge in [0.25, 0.3) is 5.91 Å². The number of amides is 1. The molecular weight excluding hydrogens is 336 g/mol. The normalized spacial score (nSPS) is 21.2. The fraction of sp³-hybridized carbons (Fsp3) is 0.556. The van der Waals surface area contributed by atoms with Crippen molar-refractivity contribution in [3.8, 4) is 0 Å². The van der Waals surface area contributed by atoms with Crippen molar-refractivity contribution in [3.05, 3.63) is 35.1 Å². The van der Waals surface area contributed by atoms with Gasteiger partial charge in [0.15, 0.2) is 10.7 Å². The number of aromatic nitrogens is 2. The highest BCUT2D eigenvalue weighted by atomic mass is 32.1. The second-order valence-corrected chi connectivity index (χ2v) is 7.93. The molecule has 6 nitrogen and oxygen atoms in total. The van der Waals surface area contributed by atoms with Gasteiger partial charge in [-0.3, -0.25) is 14.1 Å². The molecule has 25 heavy (non-hydrogen) atoms. The van der Waals surface area contributed by atoms with Crippen molar-refractivity contribution < 1.29 is 9.53 Å². The number of imidazole rings is 1. The van der Waals surface area contributed by atoms with E-state index in [1.54, 1.807) is 11.3 Å². The molecule has 2 atom stereocenters. The van der Waals surface area contributed by atoms with Crippen molar-refractivity contribution in [1.82, 2.24) is 19.2 Å². The van der Waals surface area contributed by atoms with Crippen molar-refractivity contribution in [2.45, 2.75) is 39.5 Å². The minimum absolute atomic E-state index is 0.00312. The summed E-state index contributed by atoms with van der Waals surface area (Å²) in [5.74, 6) is -0.00312. The van der Waals surface area contributed by atoms with Crippen LogP contribution in [-0.4, -0.2) is 64.0 Å². The van der Waals surface area contributed by atoms with Gasteiger partial charge in [-0.1, -0.05) is 12.2 Å². The molecule has 2 aromatic rings. The number of fused-ring (bicyclic) bond motifs is 1. The molecule has 1 amide bonds. The van der Waals surface area contributed by atoms with Crippen molar-refractivity contribution in [2.24, 2.45) is 0 Å². The van der Waals surface area contributed by atoms with E-state index in [4.69, 9.17) is 4.74 Å². The quantitative estimate of drug-likeness (QED) is 0.768. The molecule has 0 bridgehead atoms. The standard InChI is InChI=1S/C18H26N4O2S/c1-12(2)8-20(5)11-15-16(19-18-22(15)6-7-25-18)17(23)21-9-13(3)24-14(4)10-21/h6-7,13-14H,1,8-11H2,2-5H3/t13-,14+. The zero-order chi connectivity index (χ0) is 18.1. The third-order valence-corrected chi connectivity index (χ3v) is 4.99. The number of rotatable bonds is 5. The van der Waals surface area contributed by atoms with Gasteiger partial charge in [-0.25, -0.2) is 4.98 Å². The van der Waals surface area contributed by atoms with Crippen LogP contribution in [0.1, 0.15) is 37.0 Å². The summed E-state index contributed by atoms with van der Waals surface area (Å²) in [6.45, 7) is 12.6. The van der Waals surface area contributed by atoms with Gasteiger partial charge in [-0.2, -0.15) is 0 Å². The first-order valence-corrected chi connectivity index (χ1v) is 9.45. The molecule has 0 saturated carbocycles. The average Bonchev–Trinajstić information content (AvgIpc) is 3.07. The molecule has 0 aromatic carbocycles. The Balaban J connectivity index is 1.90. The highest BCUT2D eigenvalue weighted by Gasteiger charge is 2.30. The molecule has 7 heteroatoms. The summed E-state index contributed by atoms with van der Waals surface area (Å²) < 4.78 is 7.78. The Hall–Kier alpha value is -1.70. The molecule has 3 rings (SSSR count). The molecule has 1 aliphatic rings. The minimum atomic E-state index is -0.00312. The summed E-state index contributed by atoms with van der Waals surface area (Å²) in [7, 11) is 2.04. The molecule has 0 unspecified atom stereocenters. The van der Waals surface area contributed by atoms with Crippen LogP contribution in [0, 0.1) is 0 Å². The lowest BCUT2D eigenvalue weighted by Crippen LogP contribution is -2.48. The molecule has 1 saturated heterocycles. The molecule has 1 fully saturated rings. The molecule has 3 heterocycles. The van der Waals surface area contributed by atoms with Crippen LogP contribution in [0.4, 0.5) is 0 Å². The second kappa shape index (κ2) is 7.27. The highest BCUT2D eigenvalue weighted by Crippen LogP contribution is 2.22. The van der Waals surface area contributed by atoms with Crippen LogP contribution < -0.4 is 0 Å². The number of morpholine rings is 1. The van der Waals surface area contributed by atoms with Gasteiger partial charge < -0.3 is 9.64 Å². The SMILES string of the molecule is C=C(C)CN(C)Cc1c(C(=O)N2C[C@@H](C)O[C@@H](C)C2)nc2sccn12. The van der Waals surface area contributed by atoms with Crippen molar-refractivity contribution in [2.75, 3.05) is 26.7 Å². The lowest BCUT2D eigenvalue weighted by molar-refractivity contribution is -0.0587. The van der Waals surface area contributed by atoms with E-state index >= 15 is 0 Å².